The van der Waals surface area contributed by atoms with E-state index in [1.165, 1.54) is 23.1 Å². The standard InChI is InChI=1S/C13H17N3O5/c1-8-7-21-9(6-17)5-15(8)13(18)10-3-2-4-11(12(10)14)16(19)20/h2-4,8-9,17H,5-7,14H2,1H3. The number of aliphatic hydroxyl groups excluding tert-OH is 1. The van der Waals surface area contributed by atoms with Crippen LogP contribution in [0.1, 0.15) is 17.3 Å². The first-order chi connectivity index (χ1) is 9.95. The van der Waals surface area contributed by atoms with Gasteiger partial charge in [-0.3, -0.25) is 14.9 Å². The second kappa shape index (κ2) is 6.06. The molecule has 2 rings (SSSR count). The molecule has 0 bridgehead atoms. The number of hydrogen-bond donors (Lipinski definition) is 2. The summed E-state index contributed by atoms with van der Waals surface area (Å²) < 4.78 is 5.36. The Morgan fingerprint density at radius 1 is 1.62 bits per heavy atom. The number of carbonyl (C=O) groups excluding carboxylic acids is 1. The SMILES string of the molecule is CC1COC(CO)CN1C(=O)c1cccc([N+](=O)[O-])c1N. The van der Waals surface area contributed by atoms with Gasteiger partial charge >= 0.3 is 0 Å². The van der Waals surface area contributed by atoms with Gasteiger partial charge in [0.05, 0.1) is 35.8 Å². The van der Waals surface area contributed by atoms with Crippen LogP contribution in [0.5, 0.6) is 0 Å². The average molecular weight is 295 g/mol. The molecule has 1 heterocycles. The Labute approximate surface area is 121 Å². The number of aliphatic hydroxyl groups is 1. The van der Waals surface area contributed by atoms with Crippen LogP contribution >= 0.6 is 0 Å². The van der Waals surface area contributed by atoms with Crippen molar-refractivity contribution in [1.82, 2.24) is 4.90 Å². The lowest BCUT2D eigenvalue weighted by molar-refractivity contribution is -0.383. The summed E-state index contributed by atoms with van der Waals surface area (Å²) in [5.74, 6) is -0.398. The Morgan fingerprint density at radius 3 is 2.95 bits per heavy atom. The van der Waals surface area contributed by atoms with Gasteiger partial charge in [-0.1, -0.05) is 6.07 Å². The van der Waals surface area contributed by atoms with Gasteiger partial charge in [0.2, 0.25) is 0 Å². The molecule has 2 atom stereocenters. The molecule has 1 aromatic carbocycles. The first-order valence-electron chi connectivity index (χ1n) is 6.52. The van der Waals surface area contributed by atoms with Crippen LogP contribution in [0.25, 0.3) is 0 Å². The molecule has 1 amide bonds. The van der Waals surface area contributed by atoms with Crippen LogP contribution in [-0.4, -0.2) is 52.7 Å². The summed E-state index contributed by atoms with van der Waals surface area (Å²) >= 11 is 0. The van der Waals surface area contributed by atoms with Gasteiger partial charge in [-0.2, -0.15) is 0 Å². The summed E-state index contributed by atoms with van der Waals surface area (Å²) in [4.78, 5) is 24.3. The minimum atomic E-state index is -0.620. The molecular formula is C13H17N3O5. The van der Waals surface area contributed by atoms with E-state index in [0.29, 0.717) is 6.61 Å². The van der Waals surface area contributed by atoms with Crippen molar-refractivity contribution in [2.75, 3.05) is 25.5 Å². The molecule has 1 saturated heterocycles. The fourth-order valence-corrected chi connectivity index (χ4v) is 2.26. The molecule has 3 N–H and O–H groups in total. The monoisotopic (exact) mass is 295 g/mol. The highest BCUT2D eigenvalue weighted by Gasteiger charge is 2.32. The lowest BCUT2D eigenvalue weighted by atomic mass is 10.1. The second-order valence-electron chi connectivity index (χ2n) is 4.94. The summed E-state index contributed by atoms with van der Waals surface area (Å²) in [7, 11) is 0. The molecule has 0 spiro atoms. The van der Waals surface area contributed by atoms with E-state index in [-0.39, 0.29) is 36.1 Å². The quantitative estimate of drug-likeness (QED) is 0.473. The summed E-state index contributed by atoms with van der Waals surface area (Å²) in [5.41, 5.74) is 5.39. The molecule has 1 aromatic rings. The number of nitro groups is 1. The van der Waals surface area contributed by atoms with E-state index in [2.05, 4.69) is 0 Å². The second-order valence-corrected chi connectivity index (χ2v) is 4.94. The number of para-hydroxylation sites is 1. The predicted octanol–water partition coefficient (Wildman–Crippen LogP) is 0.399. The molecule has 0 aliphatic carbocycles. The fraction of sp³-hybridized carbons (Fsp3) is 0.462. The molecule has 21 heavy (non-hydrogen) atoms. The predicted molar refractivity (Wildman–Crippen MR) is 74.8 cm³/mol. The lowest BCUT2D eigenvalue weighted by Gasteiger charge is -2.37. The highest BCUT2D eigenvalue weighted by atomic mass is 16.6. The van der Waals surface area contributed by atoms with Crippen LogP contribution in [0.3, 0.4) is 0 Å². The molecule has 1 aliphatic rings. The van der Waals surface area contributed by atoms with Gasteiger partial charge in [0.15, 0.2) is 0 Å². The third kappa shape index (κ3) is 2.96. The third-order valence-electron chi connectivity index (χ3n) is 3.48. The van der Waals surface area contributed by atoms with Gasteiger partial charge in [0.1, 0.15) is 5.69 Å². The van der Waals surface area contributed by atoms with Gasteiger partial charge in [-0.15, -0.1) is 0 Å². The zero-order valence-corrected chi connectivity index (χ0v) is 11.6. The number of morpholine rings is 1. The maximum atomic E-state index is 12.6. The van der Waals surface area contributed by atoms with Crippen molar-refractivity contribution in [3.63, 3.8) is 0 Å². The topological polar surface area (TPSA) is 119 Å². The first kappa shape index (κ1) is 15.2. The van der Waals surface area contributed by atoms with Crippen molar-refractivity contribution in [3.8, 4) is 0 Å². The number of nitrogen functional groups attached to an aromatic ring is 1. The number of amides is 1. The van der Waals surface area contributed by atoms with Crippen LogP contribution in [0.4, 0.5) is 11.4 Å². The van der Waals surface area contributed by atoms with Gasteiger partial charge < -0.3 is 20.5 Å². The molecule has 8 nitrogen and oxygen atoms in total. The van der Waals surface area contributed by atoms with Crippen LogP contribution in [0.15, 0.2) is 18.2 Å². The van der Waals surface area contributed by atoms with E-state index in [1.54, 1.807) is 6.92 Å². The zero-order valence-electron chi connectivity index (χ0n) is 11.6. The van der Waals surface area contributed by atoms with E-state index < -0.39 is 16.9 Å². The lowest BCUT2D eigenvalue weighted by Crippen LogP contribution is -2.52. The number of nitro benzene ring substituents is 1. The third-order valence-corrected chi connectivity index (χ3v) is 3.48. The van der Waals surface area contributed by atoms with Crippen LogP contribution in [0.2, 0.25) is 0 Å². The zero-order chi connectivity index (χ0) is 15.6. The van der Waals surface area contributed by atoms with Gasteiger partial charge in [0.25, 0.3) is 11.6 Å². The summed E-state index contributed by atoms with van der Waals surface area (Å²) in [6.45, 7) is 2.13. The number of rotatable bonds is 3. The van der Waals surface area contributed by atoms with E-state index in [1.807, 2.05) is 0 Å². The van der Waals surface area contributed by atoms with Crippen LogP contribution in [0, 0.1) is 10.1 Å². The number of anilines is 1. The summed E-state index contributed by atoms with van der Waals surface area (Å²) in [6, 6.07) is 3.95. The van der Waals surface area contributed by atoms with E-state index >= 15 is 0 Å². The minimum absolute atomic E-state index is 0.0923. The number of hydrogen-bond acceptors (Lipinski definition) is 6. The maximum Gasteiger partial charge on any atom is 0.292 e. The first-order valence-corrected chi connectivity index (χ1v) is 6.52. The number of nitrogens with zero attached hydrogens (tertiary/aromatic N) is 2. The Balaban J connectivity index is 2.31. The Morgan fingerprint density at radius 2 is 2.33 bits per heavy atom. The molecule has 2 unspecified atom stereocenters. The molecule has 114 valence electrons. The molecule has 0 radical (unpaired) electrons. The number of nitrogens with two attached hydrogens (primary N) is 1. The van der Waals surface area contributed by atoms with Crippen molar-refractivity contribution in [3.05, 3.63) is 33.9 Å². The van der Waals surface area contributed by atoms with Crippen molar-refractivity contribution >= 4 is 17.3 Å². The number of ether oxygens (including phenoxy) is 1. The number of benzene rings is 1. The van der Waals surface area contributed by atoms with Crippen LogP contribution < -0.4 is 5.73 Å². The average Bonchev–Trinajstić information content (AvgIpc) is 2.47. The van der Waals surface area contributed by atoms with Gasteiger partial charge in [-0.05, 0) is 13.0 Å². The van der Waals surface area contributed by atoms with Crippen molar-refractivity contribution in [1.29, 1.82) is 0 Å². The van der Waals surface area contributed by atoms with Crippen molar-refractivity contribution < 1.29 is 19.6 Å². The maximum absolute atomic E-state index is 12.6. The van der Waals surface area contributed by atoms with E-state index in [0.717, 1.165) is 0 Å². The molecule has 1 fully saturated rings. The van der Waals surface area contributed by atoms with Crippen LogP contribution in [-0.2, 0) is 4.74 Å². The van der Waals surface area contributed by atoms with Crippen molar-refractivity contribution in [2.24, 2.45) is 0 Å². The fourth-order valence-electron chi connectivity index (χ4n) is 2.26. The van der Waals surface area contributed by atoms with Gasteiger partial charge in [0, 0.05) is 12.6 Å². The highest BCUT2D eigenvalue weighted by molar-refractivity contribution is 6.01. The number of carbonyl (C=O) groups is 1. The molecule has 0 aromatic heterocycles. The smallest absolute Gasteiger partial charge is 0.292 e. The van der Waals surface area contributed by atoms with E-state index in [4.69, 9.17) is 15.6 Å². The normalized spacial score (nSPS) is 22.1. The van der Waals surface area contributed by atoms with E-state index in [9.17, 15) is 14.9 Å². The van der Waals surface area contributed by atoms with Gasteiger partial charge in [-0.25, -0.2) is 0 Å². The minimum Gasteiger partial charge on any atom is -0.394 e. The molecule has 0 saturated carbocycles. The Bertz CT molecular complexity index is 563. The largest absolute Gasteiger partial charge is 0.394 e. The summed E-state index contributed by atoms with van der Waals surface area (Å²) in [6.07, 6.45) is -0.454. The highest BCUT2D eigenvalue weighted by Crippen LogP contribution is 2.27. The van der Waals surface area contributed by atoms with Crippen molar-refractivity contribution in [2.45, 2.75) is 19.1 Å². The Hall–Kier alpha value is -2.19. The Kier molecular flexibility index (Phi) is 4.39. The molecule has 1 aliphatic heterocycles. The molecular weight excluding hydrogens is 278 g/mol. The molecule has 8 heteroatoms. The summed E-state index contributed by atoms with van der Waals surface area (Å²) in [5, 5.41) is 20.0.